The lowest BCUT2D eigenvalue weighted by atomic mass is 10.3. The summed E-state index contributed by atoms with van der Waals surface area (Å²) in [6.45, 7) is 2.72. The van der Waals surface area contributed by atoms with Gasteiger partial charge < -0.3 is 5.73 Å². The zero-order valence-corrected chi connectivity index (χ0v) is 9.62. The molecule has 0 saturated heterocycles. The average molecular weight is 224 g/mol. The van der Waals surface area contributed by atoms with Gasteiger partial charge >= 0.3 is 0 Å². The third-order valence-electron chi connectivity index (χ3n) is 2.07. The second-order valence-corrected chi connectivity index (χ2v) is 4.82. The number of aryl methyl sites for hydroxylation is 1. The fourth-order valence-electron chi connectivity index (χ4n) is 1.33. The van der Waals surface area contributed by atoms with Crippen molar-refractivity contribution in [3.8, 4) is 10.6 Å². The van der Waals surface area contributed by atoms with Gasteiger partial charge in [0.25, 0.3) is 0 Å². The monoisotopic (exact) mass is 224 g/mol. The van der Waals surface area contributed by atoms with Gasteiger partial charge in [-0.3, -0.25) is 0 Å². The number of thiazole rings is 1. The minimum Gasteiger partial charge on any atom is -0.326 e. The summed E-state index contributed by atoms with van der Waals surface area (Å²) in [4.78, 5) is 5.80. The first kappa shape index (κ1) is 9.83. The smallest absolute Gasteiger partial charge is 0.124 e. The summed E-state index contributed by atoms with van der Waals surface area (Å²) < 4.78 is 0. The van der Waals surface area contributed by atoms with Gasteiger partial charge in [0.1, 0.15) is 5.01 Å². The van der Waals surface area contributed by atoms with Crippen LogP contribution in [0.5, 0.6) is 0 Å². The molecule has 0 radical (unpaired) electrons. The van der Waals surface area contributed by atoms with Gasteiger partial charge in [0, 0.05) is 22.4 Å². The van der Waals surface area contributed by atoms with Crippen LogP contribution in [0.4, 0.5) is 0 Å². The van der Waals surface area contributed by atoms with E-state index in [4.69, 9.17) is 5.73 Å². The molecule has 0 fully saturated rings. The maximum Gasteiger partial charge on any atom is 0.124 e. The molecule has 0 unspecified atom stereocenters. The van der Waals surface area contributed by atoms with Gasteiger partial charge in [-0.25, -0.2) is 4.98 Å². The van der Waals surface area contributed by atoms with Crippen LogP contribution in [0.2, 0.25) is 0 Å². The average Bonchev–Trinajstić information content (AvgIpc) is 2.85. The highest BCUT2D eigenvalue weighted by Gasteiger charge is 2.09. The first-order chi connectivity index (χ1) is 6.85. The van der Waals surface area contributed by atoms with Gasteiger partial charge in [0.15, 0.2) is 0 Å². The van der Waals surface area contributed by atoms with Crippen molar-refractivity contribution in [2.24, 2.45) is 5.73 Å². The highest BCUT2D eigenvalue weighted by atomic mass is 32.1. The van der Waals surface area contributed by atoms with Gasteiger partial charge in [0.05, 0.1) is 5.69 Å². The fraction of sp³-hybridized carbons (Fsp3) is 0.300. The number of aromatic nitrogens is 1. The molecular weight excluding hydrogens is 212 g/mol. The van der Waals surface area contributed by atoms with E-state index in [1.165, 1.54) is 10.4 Å². The predicted octanol–water partition coefficient (Wildman–Crippen LogP) is 2.89. The molecule has 2 aromatic heterocycles. The molecule has 0 aliphatic rings. The first-order valence-corrected chi connectivity index (χ1v) is 6.32. The molecule has 14 heavy (non-hydrogen) atoms. The Labute approximate surface area is 91.4 Å². The molecule has 2 rings (SSSR count). The van der Waals surface area contributed by atoms with E-state index in [1.54, 1.807) is 22.7 Å². The van der Waals surface area contributed by atoms with E-state index >= 15 is 0 Å². The van der Waals surface area contributed by atoms with E-state index < -0.39 is 0 Å². The molecule has 74 valence electrons. The van der Waals surface area contributed by atoms with Crippen LogP contribution in [0.3, 0.4) is 0 Å². The Morgan fingerprint density at radius 3 is 2.86 bits per heavy atom. The molecule has 2 heterocycles. The van der Waals surface area contributed by atoms with Crippen molar-refractivity contribution >= 4 is 22.7 Å². The standard InChI is InChI=1S/C10H12N2S2/c1-2-8-9(5-11)14-10(12-8)7-3-4-13-6-7/h3-4,6H,2,5,11H2,1H3. The van der Waals surface area contributed by atoms with Crippen LogP contribution in [-0.4, -0.2) is 4.98 Å². The van der Waals surface area contributed by atoms with Crippen molar-refractivity contribution in [1.29, 1.82) is 0 Å². The number of thiophene rings is 1. The Morgan fingerprint density at radius 1 is 1.50 bits per heavy atom. The van der Waals surface area contributed by atoms with Crippen LogP contribution in [0.15, 0.2) is 16.8 Å². The van der Waals surface area contributed by atoms with Crippen LogP contribution < -0.4 is 5.73 Å². The zero-order chi connectivity index (χ0) is 9.97. The Bertz CT molecular complexity index is 382. The van der Waals surface area contributed by atoms with Crippen molar-refractivity contribution in [2.45, 2.75) is 19.9 Å². The molecule has 0 atom stereocenters. The van der Waals surface area contributed by atoms with E-state index in [0.717, 1.165) is 17.1 Å². The summed E-state index contributed by atoms with van der Waals surface area (Å²) in [6, 6.07) is 2.10. The van der Waals surface area contributed by atoms with E-state index in [2.05, 4.69) is 28.7 Å². The first-order valence-electron chi connectivity index (χ1n) is 4.56. The lowest BCUT2D eigenvalue weighted by Gasteiger charge is -1.91. The van der Waals surface area contributed by atoms with Crippen LogP contribution in [-0.2, 0) is 13.0 Å². The lowest BCUT2D eigenvalue weighted by molar-refractivity contribution is 0.989. The quantitative estimate of drug-likeness (QED) is 0.870. The number of nitrogens with zero attached hydrogens (tertiary/aromatic N) is 1. The zero-order valence-electron chi connectivity index (χ0n) is 7.99. The molecule has 2 aromatic rings. The van der Waals surface area contributed by atoms with Crippen LogP contribution in [0.1, 0.15) is 17.5 Å². The normalized spacial score (nSPS) is 10.7. The SMILES string of the molecule is CCc1nc(-c2ccsc2)sc1CN. The van der Waals surface area contributed by atoms with Crippen molar-refractivity contribution in [2.75, 3.05) is 0 Å². The van der Waals surface area contributed by atoms with Crippen LogP contribution in [0.25, 0.3) is 10.6 Å². The second kappa shape index (κ2) is 4.21. The third kappa shape index (κ3) is 1.73. The van der Waals surface area contributed by atoms with Crippen molar-refractivity contribution in [3.63, 3.8) is 0 Å². The minimum absolute atomic E-state index is 0.602. The number of rotatable bonds is 3. The Hall–Kier alpha value is -0.710. The number of hydrogen-bond donors (Lipinski definition) is 1. The van der Waals surface area contributed by atoms with Crippen LogP contribution in [0, 0.1) is 0 Å². The number of nitrogens with two attached hydrogens (primary N) is 1. The molecule has 0 spiro atoms. The second-order valence-electron chi connectivity index (χ2n) is 2.96. The fourth-order valence-corrected chi connectivity index (χ4v) is 3.07. The molecule has 0 aromatic carbocycles. The maximum atomic E-state index is 5.67. The molecule has 4 heteroatoms. The largest absolute Gasteiger partial charge is 0.326 e. The van der Waals surface area contributed by atoms with Crippen molar-refractivity contribution < 1.29 is 0 Å². The molecule has 0 aliphatic heterocycles. The molecule has 2 N–H and O–H groups in total. The third-order valence-corrected chi connectivity index (χ3v) is 3.92. The Balaban J connectivity index is 2.41. The van der Waals surface area contributed by atoms with Gasteiger partial charge in [-0.1, -0.05) is 6.92 Å². The minimum atomic E-state index is 0.602. The lowest BCUT2D eigenvalue weighted by Crippen LogP contribution is -1.96. The summed E-state index contributed by atoms with van der Waals surface area (Å²) >= 11 is 3.41. The van der Waals surface area contributed by atoms with Crippen molar-refractivity contribution in [3.05, 3.63) is 27.4 Å². The molecular formula is C10H12N2S2. The van der Waals surface area contributed by atoms with Crippen molar-refractivity contribution in [1.82, 2.24) is 4.98 Å². The summed E-state index contributed by atoms with van der Waals surface area (Å²) in [5, 5.41) is 5.30. The summed E-state index contributed by atoms with van der Waals surface area (Å²) in [5.74, 6) is 0. The summed E-state index contributed by atoms with van der Waals surface area (Å²) in [5.41, 5.74) is 8.03. The summed E-state index contributed by atoms with van der Waals surface area (Å²) in [6.07, 6.45) is 0.965. The molecule has 0 saturated carbocycles. The van der Waals surface area contributed by atoms with Gasteiger partial charge in [0.2, 0.25) is 0 Å². The van der Waals surface area contributed by atoms with Gasteiger partial charge in [-0.15, -0.1) is 11.3 Å². The molecule has 2 nitrogen and oxygen atoms in total. The maximum absolute atomic E-state index is 5.67. The highest BCUT2D eigenvalue weighted by molar-refractivity contribution is 7.15. The van der Waals surface area contributed by atoms with Gasteiger partial charge in [-0.2, -0.15) is 11.3 Å². The highest BCUT2D eigenvalue weighted by Crippen LogP contribution is 2.29. The Morgan fingerprint density at radius 2 is 2.36 bits per heavy atom. The van der Waals surface area contributed by atoms with E-state index in [1.807, 2.05) is 0 Å². The van der Waals surface area contributed by atoms with Gasteiger partial charge in [-0.05, 0) is 17.9 Å². The molecule has 0 bridgehead atoms. The van der Waals surface area contributed by atoms with E-state index in [9.17, 15) is 0 Å². The number of hydrogen-bond acceptors (Lipinski definition) is 4. The molecule has 0 aliphatic carbocycles. The van der Waals surface area contributed by atoms with E-state index in [0.29, 0.717) is 6.54 Å². The van der Waals surface area contributed by atoms with E-state index in [-0.39, 0.29) is 0 Å². The topological polar surface area (TPSA) is 38.9 Å². The molecule has 0 amide bonds. The Kier molecular flexibility index (Phi) is 2.96. The summed E-state index contributed by atoms with van der Waals surface area (Å²) in [7, 11) is 0. The predicted molar refractivity (Wildman–Crippen MR) is 62.7 cm³/mol. The van der Waals surface area contributed by atoms with Crippen LogP contribution >= 0.6 is 22.7 Å².